The van der Waals surface area contributed by atoms with Crippen LogP contribution in [0, 0.1) is 0 Å². The number of amides is 3. The zero-order valence-electron chi connectivity index (χ0n) is 14.0. The summed E-state index contributed by atoms with van der Waals surface area (Å²) < 4.78 is 29.3. The van der Waals surface area contributed by atoms with Crippen LogP contribution >= 0.6 is 11.8 Å². The lowest BCUT2D eigenvalue weighted by atomic mass is 9.96. The smallest absolute Gasteiger partial charge is 0.338 e. The number of ether oxygens (including phenoxy) is 1. The van der Waals surface area contributed by atoms with Gasteiger partial charge in [0, 0.05) is 10.9 Å². The molecule has 142 valence electrons. The van der Waals surface area contributed by atoms with Crippen molar-refractivity contribution in [1.82, 2.24) is 10.6 Å². The van der Waals surface area contributed by atoms with Crippen molar-refractivity contribution in [1.29, 1.82) is 0 Å². The standard InChI is InChI=1S/C17H20F2N2O4S/c18-16(19)26-13-8-6-11(7-9-13)15(23)25-10-14(22)21-17(24)20-12-4-2-1-3-5-12/h6-9,12,16H,1-5,10H2,(H2,20,21,22,24). The number of carbonyl (C=O) groups excluding carboxylic acids is 3. The third-order valence-electron chi connectivity index (χ3n) is 3.84. The molecule has 0 atom stereocenters. The second kappa shape index (κ2) is 10.1. The molecule has 2 rings (SSSR count). The summed E-state index contributed by atoms with van der Waals surface area (Å²) in [5.74, 6) is -4.06. The first-order valence-electron chi connectivity index (χ1n) is 8.26. The van der Waals surface area contributed by atoms with Crippen LogP contribution in [-0.4, -0.2) is 36.3 Å². The van der Waals surface area contributed by atoms with E-state index in [1.165, 1.54) is 24.3 Å². The molecule has 6 nitrogen and oxygen atoms in total. The minimum atomic E-state index is -2.55. The lowest BCUT2D eigenvalue weighted by molar-refractivity contribution is -0.123. The summed E-state index contributed by atoms with van der Waals surface area (Å²) in [6.45, 7) is -0.607. The number of carbonyl (C=O) groups is 3. The number of hydrogen-bond acceptors (Lipinski definition) is 5. The van der Waals surface area contributed by atoms with Crippen LogP contribution in [0.4, 0.5) is 13.6 Å². The topological polar surface area (TPSA) is 84.5 Å². The van der Waals surface area contributed by atoms with E-state index in [9.17, 15) is 23.2 Å². The molecule has 0 unspecified atom stereocenters. The van der Waals surface area contributed by atoms with Gasteiger partial charge in [-0.2, -0.15) is 8.78 Å². The van der Waals surface area contributed by atoms with Crippen LogP contribution in [0.1, 0.15) is 42.5 Å². The first-order chi connectivity index (χ1) is 12.4. The van der Waals surface area contributed by atoms with Crippen LogP contribution in [-0.2, 0) is 9.53 Å². The summed E-state index contributed by atoms with van der Waals surface area (Å²) in [5.41, 5.74) is 0.128. The Labute approximate surface area is 154 Å². The average molecular weight is 386 g/mol. The number of nitrogens with one attached hydrogen (secondary N) is 2. The fourth-order valence-corrected chi connectivity index (χ4v) is 3.12. The maximum Gasteiger partial charge on any atom is 0.338 e. The van der Waals surface area contributed by atoms with Gasteiger partial charge in [0.05, 0.1) is 5.56 Å². The van der Waals surface area contributed by atoms with E-state index in [0.717, 1.165) is 32.1 Å². The molecule has 0 spiro atoms. The summed E-state index contributed by atoms with van der Waals surface area (Å²) in [6.07, 6.45) is 5.01. The van der Waals surface area contributed by atoms with Gasteiger partial charge in [-0.15, -0.1) is 0 Å². The Balaban J connectivity index is 1.72. The van der Waals surface area contributed by atoms with Crippen molar-refractivity contribution in [3.8, 4) is 0 Å². The molecule has 26 heavy (non-hydrogen) atoms. The number of thioether (sulfide) groups is 1. The minimum Gasteiger partial charge on any atom is -0.452 e. The summed E-state index contributed by atoms with van der Waals surface area (Å²) in [4.78, 5) is 35.5. The molecular formula is C17H20F2N2O4S. The lowest BCUT2D eigenvalue weighted by Gasteiger charge is -2.22. The normalized spacial score (nSPS) is 14.7. The monoisotopic (exact) mass is 386 g/mol. The fraction of sp³-hybridized carbons (Fsp3) is 0.471. The molecule has 0 bridgehead atoms. The van der Waals surface area contributed by atoms with Gasteiger partial charge in [-0.1, -0.05) is 31.0 Å². The molecule has 0 heterocycles. The van der Waals surface area contributed by atoms with Crippen LogP contribution in [0.5, 0.6) is 0 Å². The van der Waals surface area contributed by atoms with Gasteiger partial charge >= 0.3 is 12.0 Å². The zero-order chi connectivity index (χ0) is 18.9. The lowest BCUT2D eigenvalue weighted by Crippen LogP contribution is -2.46. The van der Waals surface area contributed by atoms with Gasteiger partial charge in [0.25, 0.3) is 11.7 Å². The molecule has 9 heteroatoms. The molecule has 1 saturated carbocycles. The molecule has 2 N–H and O–H groups in total. The van der Waals surface area contributed by atoms with Crippen LogP contribution in [0.25, 0.3) is 0 Å². The van der Waals surface area contributed by atoms with Gasteiger partial charge in [0.2, 0.25) is 0 Å². The predicted molar refractivity (Wildman–Crippen MR) is 92.1 cm³/mol. The van der Waals surface area contributed by atoms with Crippen molar-refractivity contribution in [2.75, 3.05) is 6.61 Å². The number of rotatable bonds is 6. The SMILES string of the molecule is O=C(COC(=O)c1ccc(SC(F)F)cc1)NC(=O)NC1CCCCC1. The molecule has 1 fully saturated rings. The van der Waals surface area contributed by atoms with E-state index >= 15 is 0 Å². The van der Waals surface area contributed by atoms with Crippen LogP contribution in [0.3, 0.4) is 0 Å². The summed E-state index contributed by atoms with van der Waals surface area (Å²) in [7, 11) is 0. The maximum absolute atomic E-state index is 12.2. The fourth-order valence-electron chi connectivity index (χ4n) is 2.62. The Morgan fingerprint density at radius 3 is 2.38 bits per heavy atom. The number of benzene rings is 1. The van der Waals surface area contributed by atoms with Gasteiger partial charge in [0.1, 0.15) is 0 Å². The van der Waals surface area contributed by atoms with Crippen LogP contribution in [0.15, 0.2) is 29.2 Å². The second-order valence-electron chi connectivity index (χ2n) is 5.84. The largest absolute Gasteiger partial charge is 0.452 e. The molecule has 0 saturated heterocycles. The first kappa shape index (κ1) is 20.2. The highest BCUT2D eigenvalue weighted by Gasteiger charge is 2.18. The van der Waals surface area contributed by atoms with Gasteiger partial charge in [-0.3, -0.25) is 10.1 Å². The highest BCUT2D eigenvalue weighted by Crippen LogP contribution is 2.25. The maximum atomic E-state index is 12.2. The number of urea groups is 1. The van der Waals surface area contributed by atoms with E-state index < -0.39 is 30.3 Å². The highest BCUT2D eigenvalue weighted by molar-refractivity contribution is 7.99. The van der Waals surface area contributed by atoms with Crippen molar-refractivity contribution in [2.45, 2.75) is 48.8 Å². The molecule has 3 amide bonds. The number of imide groups is 1. The molecule has 0 radical (unpaired) electrons. The van der Waals surface area contributed by atoms with E-state index in [0.29, 0.717) is 16.7 Å². The minimum absolute atomic E-state index is 0.0590. The van der Waals surface area contributed by atoms with E-state index in [1.807, 2.05) is 0 Å². The average Bonchev–Trinajstić information content (AvgIpc) is 2.60. The Morgan fingerprint density at radius 2 is 1.77 bits per heavy atom. The predicted octanol–water partition coefficient (Wildman–Crippen LogP) is 3.32. The van der Waals surface area contributed by atoms with Crippen molar-refractivity contribution < 1.29 is 27.9 Å². The molecule has 1 aliphatic rings. The second-order valence-corrected chi connectivity index (χ2v) is 6.90. The molecular weight excluding hydrogens is 366 g/mol. The van der Waals surface area contributed by atoms with Gasteiger partial charge in [-0.05, 0) is 37.1 Å². The van der Waals surface area contributed by atoms with E-state index in [-0.39, 0.29) is 11.6 Å². The van der Waals surface area contributed by atoms with E-state index in [1.54, 1.807) is 0 Å². The first-order valence-corrected chi connectivity index (χ1v) is 9.14. The van der Waals surface area contributed by atoms with Crippen molar-refractivity contribution in [3.05, 3.63) is 29.8 Å². The Bertz CT molecular complexity index is 634. The molecule has 0 aromatic heterocycles. The Morgan fingerprint density at radius 1 is 1.12 bits per heavy atom. The number of halogens is 2. The summed E-state index contributed by atoms with van der Waals surface area (Å²) >= 11 is 0.364. The van der Waals surface area contributed by atoms with Gasteiger partial charge < -0.3 is 10.1 Å². The van der Waals surface area contributed by atoms with Crippen molar-refractivity contribution >= 4 is 29.7 Å². The molecule has 1 aromatic carbocycles. The third-order valence-corrected chi connectivity index (χ3v) is 4.57. The Kier molecular flexibility index (Phi) is 7.83. The molecule has 1 aliphatic carbocycles. The van der Waals surface area contributed by atoms with E-state index in [2.05, 4.69) is 10.6 Å². The molecule has 0 aliphatic heterocycles. The highest BCUT2D eigenvalue weighted by atomic mass is 32.2. The van der Waals surface area contributed by atoms with E-state index in [4.69, 9.17) is 4.74 Å². The zero-order valence-corrected chi connectivity index (χ0v) is 14.8. The summed E-state index contributed by atoms with van der Waals surface area (Å²) in [5, 5.41) is 4.83. The van der Waals surface area contributed by atoms with Crippen molar-refractivity contribution in [3.63, 3.8) is 0 Å². The number of esters is 1. The third kappa shape index (κ3) is 6.99. The van der Waals surface area contributed by atoms with Crippen molar-refractivity contribution in [2.24, 2.45) is 0 Å². The van der Waals surface area contributed by atoms with Crippen LogP contribution in [0.2, 0.25) is 0 Å². The quantitative estimate of drug-likeness (QED) is 0.579. The molecule has 1 aromatic rings. The van der Waals surface area contributed by atoms with Crippen LogP contribution < -0.4 is 10.6 Å². The number of alkyl halides is 2. The van der Waals surface area contributed by atoms with Gasteiger partial charge in [-0.25, -0.2) is 9.59 Å². The number of hydrogen-bond donors (Lipinski definition) is 2. The Hall–Kier alpha value is -2.16. The summed E-state index contributed by atoms with van der Waals surface area (Å²) in [6, 6.07) is 4.85. The van der Waals surface area contributed by atoms with Gasteiger partial charge in [0.15, 0.2) is 6.61 Å².